The van der Waals surface area contributed by atoms with Gasteiger partial charge in [0, 0.05) is 17.8 Å². The van der Waals surface area contributed by atoms with Crippen molar-refractivity contribution in [1.29, 1.82) is 0 Å². The second-order valence-corrected chi connectivity index (χ2v) is 4.29. The topological polar surface area (TPSA) is 40.7 Å². The van der Waals surface area contributed by atoms with E-state index in [2.05, 4.69) is 31.4 Å². The average Bonchev–Trinajstić information content (AvgIpc) is 2.71. The molecule has 0 saturated carbocycles. The Morgan fingerprint density at radius 2 is 2.25 bits per heavy atom. The van der Waals surface area contributed by atoms with E-state index in [0.717, 1.165) is 17.0 Å². The van der Waals surface area contributed by atoms with E-state index in [-0.39, 0.29) is 5.82 Å². The molecule has 2 rings (SSSR count). The van der Waals surface area contributed by atoms with Crippen molar-refractivity contribution in [1.82, 2.24) is 15.5 Å². The molecule has 3 nitrogen and oxygen atoms in total. The minimum Gasteiger partial charge on any atom is -0.314 e. The Hall–Kier alpha value is -1.20. The lowest BCUT2D eigenvalue weighted by Gasteiger charge is -1.98. The van der Waals surface area contributed by atoms with Gasteiger partial charge in [-0.05, 0) is 41.2 Å². The number of benzene rings is 1. The van der Waals surface area contributed by atoms with E-state index < -0.39 is 0 Å². The first-order chi connectivity index (χ1) is 7.70. The molecule has 0 amide bonds. The maximum absolute atomic E-state index is 13.3. The average molecular weight is 284 g/mol. The molecule has 0 saturated heterocycles. The van der Waals surface area contributed by atoms with Crippen LogP contribution >= 0.6 is 15.9 Å². The normalized spacial score (nSPS) is 10.7. The van der Waals surface area contributed by atoms with E-state index in [1.807, 2.05) is 19.2 Å². The monoisotopic (exact) mass is 283 g/mol. The zero-order chi connectivity index (χ0) is 11.5. The number of aromatic amines is 1. The smallest absolute Gasteiger partial charge is 0.138 e. The Labute approximate surface area is 101 Å². The summed E-state index contributed by atoms with van der Waals surface area (Å²) in [7, 11) is 1.86. The summed E-state index contributed by atoms with van der Waals surface area (Å²) in [4.78, 5) is 0. The first kappa shape index (κ1) is 11.3. The molecule has 0 bridgehead atoms. The van der Waals surface area contributed by atoms with Crippen molar-refractivity contribution >= 4 is 15.9 Å². The molecule has 2 N–H and O–H groups in total. The summed E-state index contributed by atoms with van der Waals surface area (Å²) in [5.41, 5.74) is 2.48. The molecule has 0 unspecified atom stereocenters. The van der Waals surface area contributed by atoms with Gasteiger partial charge in [-0.3, -0.25) is 5.10 Å². The molecule has 1 heterocycles. The lowest BCUT2D eigenvalue weighted by molar-refractivity contribution is 0.621. The van der Waals surface area contributed by atoms with Crippen molar-refractivity contribution in [2.24, 2.45) is 0 Å². The van der Waals surface area contributed by atoms with Crippen LogP contribution in [0.2, 0.25) is 0 Å². The summed E-state index contributed by atoms with van der Waals surface area (Å²) in [6.45, 7) is 0.714. The molecule has 0 atom stereocenters. The third-order valence-corrected chi connectivity index (χ3v) is 2.86. The van der Waals surface area contributed by atoms with E-state index in [4.69, 9.17) is 0 Å². The van der Waals surface area contributed by atoms with Crippen molar-refractivity contribution in [3.8, 4) is 11.3 Å². The molecule has 1 aromatic heterocycles. The molecule has 5 heteroatoms. The molecule has 0 aliphatic heterocycles. The molecule has 0 aliphatic carbocycles. The molecule has 2 aromatic rings. The maximum atomic E-state index is 13.3. The highest BCUT2D eigenvalue weighted by Gasteiger charge is 2.06. The van der Waals surface area contributed by atoms with Gasteiger partial charge in [-0.2, -0.15) is 5.10 Å². The standard InChI is InChI=1S/C11H11BrFN3/c1-14-6-8-5-11(16-15-8)7-2-3-9(12)10(13)4-7/h2-5,14H,6H2,1H3,(H,15,16). The van der Waals surface area contributed by atoms with Crippen LogP contribution < -0.4 is 5.32 Å². The van der Waals surface area contributed by atoms with Gasteiger partial charge in [0.25, 0.3) is 0 Å². The van der Waals surface area contributed by atoms with E-state index in [1.54, 1.807) is 6.07 Å². The third kappa shape index (κ3) is 2.31. The van der Waals surface area contributed by atoms with Gasteiger partial charge < -0.3 is 5.32 Å². The summed E-state index contributed by atoms with van der Waals surface area (Å²) in [5.74, 6) is -0.282. The zero-order valence-electron chi connectivity index (χ0n) is 8.72. The Morgan fingerprint density at radius 3 is 2.94 bits per heavy atom. The largest absolute Gasteiger partial charge is 0.314 e. The maximum Gasteiger partial charge on any atom is 0.138 e. The molecule has 0 aliphatic rings. The number of hydrogen-bond donors (Lipinski definition) is 2. The van der Waals surface area contributed by atoms with E-state index in [1.165, 1.54) is 6.07 Å². The van der Waals surface area contributed by atoms with Crippen molar-refractivity contribution < 1.29 is 4.39 Å². The Morgan fingerprint density at radius 1 is 1.44 bits per heavy atom. The third-order valence-electron chi connectivity index (χ3n) is 2.21. The Balaban J connectivity index is 2.31. The number of halogens is 2. The van der Waals surface area contributed by atoms with Crippen LogP contribution in [0, 0.1) is 5.82 Å². The van der Waals surface area contributed by atoms with Crippen LogP contribution in [0.4, 0.5) is 4.39 Å². The first-order valence-corrected chi connectivity index (χ1v) is 5.64. The predicted molar refractivity (Wildman–Crippen MR) is 64.4 cm³/mol. The van der Waals surface area contributed by atoms with Gasteiger partial charge in [0.2, 0.25) is 0 Å². The first-order valence-electron chi connectivity index (χ1n) is 4.85. The highest BCUT2D eigenvalue weighted by Crippen LogP contribution is 2.23. The van der Waals surface area contributed by atoms with Gasteiger partial charge in [-0.1, -0.05) is 6.07 Å². The second kappa shape index (κ2) is 4.76. The van der Waals surface area contributed by atoms with Crippen LogP contribution in [-0.4, -0.2) is 17.2 Å². The molecular weight excluding hydrogens is 273 g/mol. The second-order valence-electron chi connectivity index (χ2n) is 3.44. The minimum atomic E-state index is -0.282. The number of hydrogen-bond acceptors (Lipinski definition) is 2. The van der Waals surface area contributed by atoms with E-state index >= 15 is 0 Å². The highest BCUT2D eigenvalue weighted by atomic mass is 79.9. The van der Waals surface area contributed by atoms with Gasteiger partial charge in [0.05, 0.1) is 10.2 Å². The molecular formula is C11H11BrFN3. The lowest BCUT2D eigenvalue weighted by atomic mass is 10.1. The van der Waals surface area contributed by atoms with Crippen LogP contribution in [0.1, 0.15) is 5.69 Å². The fraction of sp³-hybridized carbons (Fsp3) is 0.182. The Bertz CT molecular complexity index is 496. The number of H-pyrrole nitrogens is 1. The summed E-state index contributed by atoms with van der Waals surface area (Å²) in [6, 6.07) is 6.87. The van der Waals surface area contributed by atoms with E-state index in [0.29, 0.717) is 11.0 Å². The van der Waals surface area contributed by atoms with Gasteiger partial charge in [-0.25, -0.2) is 4.39 Å². The van der Waals surface area contributed by atoms with Gasteiger partial charge >= 0.3 is 0 Å². The molecule has 0 fully saturated rings. The number of rotatable bonds is 3. The minimum absolute atomic E-state index is 0.282. The SMILES string of the molecule is CNCc1cc(-c2ccc(Br)c(F)c2)n[nH]1. The van der Waals surface area contributed by atoms with Crippen LogP contribution in [0.3, 0.4) is 0 Å². The fourth-order valence-corrected chi connectivity index (χ4v) is 1.69. The molecule has 1 aromatic carbocycles. The van der Waals surface area contributed by atoms with Crippen LogP contribution in [-0.2, 0) is 6.54 Å². The Kier molecular flexibility index (Phi) is 3.36. The molecule has 0 radical (unpaired) electrons. The van der Waals surface area contributed by atoms with Crippen LogP contribution in [0.5, 0.6) is 0 Å². The summed E-state index contributed by atoms with van der Waals surface area (Å²) < 4.78 is 13.8. The fourth-order valence-electron chi connectivity index (χ4n) is 1.45. The quantitative estimate of drug-likeness (QED) is 0.909. The highest BCUT2D eigenvalue weighted by molar-refractivity contribution is 9.10. The lowest BCUT2D eigenvalue weighted by Crippen LogP contribution is -2.04. The van der Waals surface area contributed by atoms with Crippen molar-refractivity contribution in [2.75, 3.05) is 7.05 Å². The molecule has 0 spiro atoms. The van der Waals surface area contributed by atoms with Crippen molar-refractivity contribution in [2.45, 2.75) is 6.54 Å². The molecule has 84 valence electrons. The van der Waals surface area contributed by atoms with Gasteiger partial charge in [-0.15, -0.1) is 0 Å². The van der Waals surface area contributed by atoms with Crippen molar-refractivity contribution in [3.63, 3.8) is 0 Å². The predicted octanol–water partition coefficient (Wildman–Crippen LogP) is 2.70. The zero-order valence-corrected chi connectivity index (χ0v) is 10.3. The summed E-state index contributed by atoms with van der Waals surface area (Å²) in [5, 5.41) is 10.0. The van der Waals surface area contributed by atoms with E-state index in [9.17, 15) is 4.39 Å². The van der Waals surface area contributed by atoms with Crippen LogP contribution in [0.25, 0.3) is 11.3 Å². The summed E-state index contributed by atoms with van der Waals surface area (Å²) >= 11 is 3.12. The van der Waals surface area contributed by atoms with Crippen LogP contribution in [0.15, 0.2) is 28.7 Å². The molecule has 16 heavy (non-hydrogen) atoms. The summed E-state index contributed by atoms with van der Waals surface area (Å²) in [6.07, 6.45) is 0. The van der Waals surface area contributed by atoms with Gasteiger partial charge in [0.1, 0.15) is 5.82 Å². The van der Waals surface area contributed by atoms with Gasteiger partial charge in [0.15, 0.2) is 0 Å². The number of nitrogens with one attached hydrogen (secondary N) is 2. The number of nitrogens with zero attached hydrogens (tertiary/aromatic N) is 1. The number of aromatic nitrogens is 2. The van der Waals surface area contributed by atoms with Crippen molar-refractivity contribution in [3.05, 3.63) is 40.2 Å².